The molecule has 0 heterocycles. The van der Waals surface area contributed by atoms with Crippen molar-refractivity contribution < 1.29 is 25.2 Å². The van der Waals surface area contributed by atoms with Crippen LogP contribution in [0.15, 0.2) is 12.1 Å². The quantitative estimate of drug-likeness (QED) is 0.547. The van der Waals surface area contributed by atoms with E-state index in [1.807, 2.05) is 0 Å². The maximum absolute atomic E-state index is 10.4. The van der Waals surface area contributed by atoms with Gasteiger partial charge in [-0.25, -0.2) is 4.79 Å². The third kappa shape index (κ3) is 1.98. The lowest BCUT2D eigenvalue weighted by molar-refractivity contribution is -0.147. The van der Waals surface area contributed by atoms with Crippen molar-refractivity contribution in [3.05, 3.63) is 23.3 Å². The molecule has 0 saturated heterocycles. The molecule has 0 amide bonds. The molecule has 4 N–H and O–H groups in total. The van der Waals surface area contributed by atoms with Crippen molar-refractivity contribution in [1.82, 2.24) is 0 Å². The van der Waals surface area contributed by atoms with Gasteiger partial charge < -0.3 is 20.4 Å². The highest BCUT2D eigenvalue weighted by Gasteiger charge is 2.21. The SMILES string of the molecule is N#Cc1cc(C(O)C(=O)O)c(O)cc1O. The first-order valence-corrected chi connectivity index (χ1v) is 3.84. The summed E-state index contributed by atoms with van der Waals surface area (Å²) in [6.07, 6.45) is -1.93. The molecule has 0 spiro atoms. The number of aromatic hydroxyl groups is 2. The number of hydrogen-bond donors (Lipinski definition) is 4. The van der Waals surface area contributed by atoms with E-state index in [9.17, 15) is 9.90 Å². The van der Waals surface area contributed by atoms with Gasteiger partial charge in [-0.15, -0.1) is 0 Å². The maximum atomic E-state index is 10.4. The Hall–Kier alpha value is -2.26. The van der Waals surface area contributed by atoms with Crippen molar-refractivity contribution in [2.45, 2.75) is 6.10 Å². The standard InChI is InChI=1S/C9H7NO5/c10-3-4-1-5(8(13)9(14)15)7(12)2-6(4)11/h1-2,8,11-13H,(H,14,15). The molecule has 6 nitrogen and oxygen atoms in total. The van der Waals surface area contributed by atoms with E-state index in [0.29, 0.717) is 0 Å². The summed E-state index contributed by atoms with van der Waals surface area (Å²) in [4.78, 5) is 10.4. The van der Waals surface area contributed by atoms with E-state index < -0.39 is 23.6 Å². The van der Waals surface area contributed by atoms with Crippen LogP contribution in [0.3, 0.4) is 0 Å². The van der Waals surface area contributed by atoms with Gasteiger partial charge in [-0.2, -0.15) is 5.26 Å². The summed E-state index contributed by atoms with van der Waals surface area (Å²) in [6.45, 7) is 0. The van der Waals surface area contributed by atoms with Crippen LogP contribution in [0.1, 0.15) is 17.2 Å². The largest absolute Gasteiger partial charge is 0.507 e. The predicted octanol–water partition coefficient (Wildman–Crippen LogP) is 0.0875. The number of aliphatic hydroxyl groups excluding tert-OH is 1. The topological polar surface area (TPSA) is 122 Å². The predicted molar refractivity (Wildman–Crippen MR) is 47.1 cm³/mol. The summed E-state index contributed by atoms with van der Waals surface area (Å²) in [7, 11) is 0. The van der Waals surface area contributed by atoms with Crippen LogP contribution in [-0.2, 0) is 4.79 Å². The number of aliphatic hydroxyl groups is 1. The molecular formula is C9H7NO5. The monoisotopic (exact) mass is 209 g/mol. The van der Waals surface area contributed by atoms with Gasteiger partial charge >= 0.3 is 5.97 Å². The molecule has 0 radical (unpaired) electrons. The van der Waals surface area contributed by atoms with Gasteiger partial charge in [-0.05, 0) is 6.07 Å². The summed E-state index contributed by atoms with van der Waals surface area (Å²) >= 11 is 0. The van der Waals surface area contributed by atoms with Crippen molar-refractivity contribution in [3.8, 4) is 17.6 Å². The number of aliphatic carboxylic acids is 1. The van der Waals surface area contributed by atoms with E-state index >= 15 is 0 Å². The van der Waals surface area contributed by atoms with E-state index in [2.05, 4.69) is 0 Å². The summed E-state index contributed by atoms with van der Waals surface area (Å²) in [5, 5.41) is 44.5. The normalized spacial score (nSPS) is 11.7. The fraction of sp³-hybridized carbons (Fsp3) is 0.111. The van der Waals surface area contributed by atoms with Gasteiger partial charge in [0.05, 0.1) is 5.56 Å². The molecule has 1 aromatic carbocycles. The first kappa shape index (κ1) is 10.8. The second-order valence-corrected chi connectivity index (χ2v) is 2.78. The van der Waals surface area contributed by atoms with Gasteiger partial charge in [0.15, 0.2) is 6.10 Å². The van der Waals surface area contributed by atoms with Crippen LogP contribution in [0.4, 0.5) is 0 Å². The van der Waals surface area contributed by atoms with Crippen molar-refractivity contribution in [2.24, 2.45) is 0 Å². The number of hydrogen-bond acceptors (Lipinski definition) is 5. The van der Waals surface area contributed by atoms with Crippen LogP contribution >= 0.6 is 0 Å². The van der Waals surface area contributed by atoms with E-state index in [0.717, 1.165) is 12.1 Å². The van der Waals surface area contributed by atoms with Crippen LogP contribution in [0.2, 0.25) is 0 Å². The number of rotatable bonds is 2. The third-order valence-corrected chi connectivity index (χ3v) is 1.79. The molecule has 1 atom stereocenters. The fourth-order valence-electron chi connectivity index (χ4n) is 1.04. The van der Waals surface area contributed by atoms with Crippen LogP contribution in [0.5, 0.6) is 11.5 Å². The van der Waals surface area contributed by atoms with Gasteiger partial charge in [0.25, 0.3) is 0 Å². The maximum Gasteiger partial charge on any atom is 0.337 e. The van der Waals surface area contributed by atoms with Crippen LogP contribution in [-0.4, -0.2) is 26.4 Å². The Balaban J connectivity index is 3.32. The molecule has 0 saturated carbocycles. The molecule has 6 heteroatoms. The highest BCUT2D eigenvalue weighted by molar-refractivity contribution is 5.75. The molecular weight excluding hydrogens is 202 g/mol. The molecule has 0 aliphatic heterocycles. The van der Waals surface area contributed by atoms with Gasteiger partial charge in [-0.3, -0.25) is 0 Å². The van der Waals surface area contributed by atoms with E-state index in [1.54, 1.807) is 6.07 Å². The highest BCUT2D eigenvalue weighted by atomic mass is 16.4. The summed E-state index contributed by atoms with van der Waals surface area (Å²) in [6, 6.07) is 3.32. The molecule has 0 bridgehead atoms. The van der Waals surface area contributed by atoms with Crippen LogP contribution in [0.25, 0.3) is 0 Å². The lowest BCUT2D eigenvalue weighted by atomic mass is 10.0. The first-order valence-electron chi connectivity index (χ1n) is 3.84. The number of carboxylic acid groups (broad SMARTS) is 1. The zero-order valence-electron chi connectivity index (χ0n) is 7.38. The van der Waals surface area contributed by atoms with Crippen LogP contribution < -0.4 is 0 Å². The van der Waals surface area contributed by atoms with Gasteiger partial charge in [-0.1, -0.05) is 0 Å². The van der Waals surface area contributed by atoms with Crippen molar-refractivity contribution in [1.29, 1.82) is 5.26 Å². The minimum absolute atomic E-state index is 0.219. The molecule has 1 rings (SSSR count). The lowest BCUT2D eigenvalue weighted by Crippen LogP contribution is -2.10. The Morgan fingerprint density at radius 1 is 1.33 bits per heavy atom. The average Bonchev–Trinajstić information content (AvgIpc) is 2.17. The average molecular weight is 209 g/mol. The Labute approximate surface area is 84.3 Å². The molecule has 0 aliphatic rings. The number of phenolic OH excluding ortho intramolecular Hbond substituents is 2. The number of benzene rings is 1. The molecule has 0 fully saturated rings. The second kappa shape index (κ2) is 3.86. The molecule has 15 heavy (non-hydrogen) atoms. The van der Waals surface area contributed by atoms with Crippen molar-refractivity contribution >= 4 is 5.97 Å². The minimum Gasteiger partial charge on any atom is -0.507 e. The minimum atomic E-state index is -1.93. The second-order valence-electron chi connectivity index (χ2n) is 2.78. The Morgan fingerprint density at radius 3 is 2.40 bits per heavy atom. The molecule has 78 valence electrons. The molecule has 0 aromatic heterocycles. The number of nitriles is 1. The summed E-state index contributed by atoms with van der Waals surface area (Å²) in [5.41, 5.74) is -0.556. The molecule has 1 unspecified atom stereocenters. The highest BCUT2D eigenvalue weighted by Crippen LogP contribution is 2.31. The van der Waals surface area contributed by atoms with E-state index in [-0.39, 0.29) is 11.1 Å². The van der Waals surface area contributed by atoms with Gasteiger partial charge in [0.2, 0.25) is 0 Å². The number of nitrogens with zero attached hydrogens (tertiary/aromatic N) is 1. The number of carboxylic acids is 1. The van der Waals surface area contributed by atoms with Gasteiger partial charge in [0.1, 0.15) is 17.6 Å². The Bertz CT molecular complexity index is 449. The molecule has 0 aliphatic carbocycles. The van der Waals surface area contributed by atoms with Crippen molar-refractivity contribution in [3.63, 3.8) is 0 Å². The third-order valence-electron chi connectivity index (χ3n) is 1.79. The fourth-order valence-corrected chi connectivity index (χ4v) is 1.04. The number of carbonyl (C=O) groups is 1. The number of phenols is 2. The summed E-state index contributed by atoms with van der Waals surface area (Å²) in [5.74, 6) is -2.61. The molecule has 1 aromatic rings. The zero-order chi connectivity index (χ0) is 11.6. The first-order chi connectivity index (χ1) is 6.97. The lowest BCUT2D eigenvalue weighted by Gasteiger charge is -2.09. The zero-order valence-corrected chi connectivity index (χ0v) is 7.38. The Kier molecular flexibility index (Phi) is 2.78. The van der Waals surface area contributed by atoms with E-state index in [4.69, 9.17) is 20.6 Å². The van der Waals surface area contributed by atoms with Gasteiger partial charge in [0, 0.05) is 11.6 Å². The van der Waals surface area contributed by atoms with Crippen LogP contribution in [0, 0.1) is 11.3 Å². The smallest absolute Gasteiger partial charge is 0.337 e. The van der Waals surface area contributed by atoms with Crippen molar-refractivity contribution in [2.75, 3.05) is 0 Å². The Morgan fingerprint density at radius 2 is 1.93 bits per heavy atom. The van der Waals surface area contributed by atoms with E-state index in [1.165, 1.54) is 0 Å². The summed E-state index contributed by atoms with van der Waals surface area (Å²) < 4.78 is 0.